The molecule has 0 saturated carbocycles. The number of carboxylic acids is 1. The van der Waals surface area contributed by atoms with E-state index in [1.165, 1.54) is 0 Å². The van der Waals surface area contributed by atoms with Gasteiger partial charge >= 0.3 is 5.97 Å². The summed E-state index contributed by atoms with van der Waals surface area (Å²) in [5.41, 5.74) is 10.6. The summed E-state index contributed by atoms with van der Waals surface area (Å²) in [6.07, 6.45) is 1.53. The summed E-state index contributed by atoms with van der Waals surface area (Å²) >= 11 is 0. The fourth-order valence-corrected chi connectivity index (χ4v) is 3.82. The number of aliphatic carboxylic acids is 1. The highest BCUT2D eigenvalue weighted by Gasteiger charge is 2.24. The number of hydrogen-bond donors (Lipinski definition) is 2. The Bertz CT molecular complexity index is 1180. The Morgan fingerprint density at radius 2 is 2.00 bits per heavy atom. The van der Waals surface area contributed by atoms with Crippen molar-refractivity contribution < 1.29 is 9.90 Å². The van der Waals surface area contributed by atoms with E-state index in [0.717, 1.165) is 47.4 Å². The third-order valence-corrected chi connectivity index (χ3v) is 5.69. The number of rotatable bonds is 5. The van der Waals surface area contributed by atoms with Crippen LogP contribution in [0.5, 0.6) is 0 Å². The minimum absolute atomic E-state index is 0.0319. The smallest absolute Gasteiger partial charge is 0.303 e. The van der Waals surface area contributed by atoms with Crippen LogP contribution in [-0.2, 0) is 18.3 Å². The van der Waals surface area contributed by atoms with Gasteiger partial charge in [0.15, 0.2) is 0 Å². The number of aromatic nitrogens is 2. The van der Waals surface area contributed by atoms with Crippen molar-refractivity contribution in [3.63, 3.8) is 0 Å². The number of fused-ring (bicyclic) bond motifs is 1. The Labute approximate surface area is 168 Å². The lowest BCUT2D eigenvalue weighted by molar-refractivity contribution is -0.136. The first-order valence-electron chi connectivity index (χ1n) is 9.72. The zero-order valence-electron chi connectivity index (χ0n) is 16.6. The van der Waals surface area contributed by atoms with Crippen LogP contribution in [0.15, 0.2) is 35.1 Å². The molecule has 0 aliphatic carbocycles. The second-order valence-corrected chi connectivity index (χ2v) is 7.55. The van der Waals surface area contributed by atoms with Crippen molar-refractivity contribution in [1.29, 1.82) is 0 Å². The molecule has 1 aromatic carbocycles. The molecule has 2 aromatic heterocycles. The fraction of sp³-hybridized carbons (Fsp3) is 0.318. The number of pyridine rings is 2. The summed E-state index contributed by atoms with van der Waals surface area (Å²) in [5, 5.41) is 9.89. The number of nitrogens with zero attached hydrogens (tertiary/aromatic N) is 3. The molecule has 7 heteroatoms. The molecule has 3 aromatic rings. The van der Waals surface area contributed by atoms with E-state index in [0.29, 0.717) is 23.3 Å². The highest BCUT2D eigenvalue weighted by molar-refractivity contribution is 5.99. The molecule has 7 nitrogen and oxygen atoms in total. The quantitative estimate of drug-likeness (QED) is 0.692. The number of benzene rings is 1. The summed E-state index contributed by atoms with van der Waals surface area (Å²) in [7, 11) is 1.77. The van der Waals surface area contributed by atoms with E-state index in [9.17, 15) is 9.59 Å². The first-order chi connectivity index (χ1) is 13.9. The van der Waals surface area contributed by atoms with E-state index in [2.05, 4.69) is 9.88 Å². The summed E-state index contributed by atoms with van der Waals surface area (Å²) in [5.74, 6) is -0.485. The van der Waals surface area contributed by atoms with Crippen molar-refractivity contribution in [1.82, 2.24) is 9.55 Å². The Morgan fingerprint density at radius 3 is 2.66 bits per heavy atom. The Morgan fingerprint density at radius 1 is 1.24 bits per heavy atom. The summed E-state index contributed by atoms with van der Waals surface area (Å²) < 4.78 is 1.65. The van der Waals surface area contributed by atoms with Crippen LogP contribution in [-0.4, -0.2) is 33.7 Å². The first kappa shape index (κ1) is 19.0. The van der Waals surface area contributed by atoms with Gasteiger partial charge in [0.25, 0.3) is 5.56 Å². The molecule has 0 radical (unpaired) electrons. The van der Waals surface area contributed by atoms with Gasteiger partial charge in [-0.1, -0.05) is 12.1 Å². The van der Waals surface area contributed by atoms with Gasteiger partial charge in [0.05, 0.1) is 16.8 Å². The average molecular weight is 392 g/mol. The third kappa shape index (κ3) is 3.33. The highest BCUT2D eigenvalue weighted by atomic mass is 16.4. The number of nitrogen functional groups attached to an aromatic ring is 1. The molecular weight excluding hydrogens is 368 g/mol. The van der Waals surface area contributed by atoms with E-state index in [1.54, 1.807) is 17.7 Å². The van der Waals surface area contributed by atoms with Gasteiger partial charge in [-0.3, -0.25) is 9.59 Å². The zero-order chi connectivity index (χ0) is 20.7. The zero-order valence-corrected chi connectivity index (χ0v) is 16.6. The number of nitrogens with two attached hydrogens (primary N) is 1. The van der Waals surface area contributed by atoms with Crippen LogP contribution in [0, 0.1) is 6.92 Å². The van der Waals surface area contributed by atoms with E-state index in [4.69, 9.17) is 10.8 Å². The molecular formula is C22H24N4O3. The second-order valence-electron chi connectivity index (χ2n) is 7.55. The molecule has 150 valence electrons. The normalized spacial score (nSPS) is 13.5. The minimum Gasteiger partial charge on any atom is -0.481 e. The maximum atomic E-state index is 13.3. The maximum absolute atomic E-state index is 13.3. The summed E-state index contributed by atoms with van der Waals surface area (Å²) in [6.45, 7) is 3.77. The van der Waals surface area contributed by atoms with Crippen molar-refractivity contribution in [2.45, 2.75) is 26.2 Å². The summed E-state index contributed by atoms with van der Waals surface area (Å²) in [4.78, 5) is 31.1. The molecule has 1 saturated heterocycles. The number of hydrogen-bond acceptors (Lipinski definition) is 5. The third-order valence-electron chi connectivity index (χ3n) is 5.69. The summed E-state index contributed by atoms with van der Waals surface area (Å²) in [6, 6.07) is 9.39. The van der Waals surface area contributed by atoms with E-state index < -0.39 is 5.97 Å². The SMILES string of the molecule is Cc1cc(N2CCC2)c(-c2ccc(CCC(=O)O)c3ccc(N)nc23)c(=O)n1C. The second kappa shape index (κ2) is 7.24. The standard InChI is InChI=1S/C22H24N4O3/c1-13-12-17(26-10-3-11-26)20(22(29)25(13)2)16-6-4-14(5-9-19(27)28)15-7-8-18(23)24-21(15)16/h4,6-8,12H,3,5,9-11H2,1-2H3,(H2,23,24)(H,27,28). The number of anilines is 2. The van der Waals surface area contributed by atoms with E-state index in [1.807, 2.05) is 31.2 Å². The molecule has 3 N–H and O–H groups in total. The van der Waals surface area contributed by atoms with Crippen LogP contribution in [0.4, 0.5) is 11.5 Å². The number of carbonyl (C=O) groups is 1. The fourth-order valence-electron chi connectivity index (χ4n) is 3.82. The predicted octanol–water partition coefficient (Wildman–Crippen LogP) is 2.72. The lowest BCUT2D eigenvalue weighted by atomic mass is 9.95. The molecule has 29 heavy (non-hydrogen) atoms. The van der Waals surface area contributed by atoms with Crippen LogP contribution in [0.3, 0.4) is 0 Å². The maximum Gasteiger partial charge on any atom is 0.303 e. The molecule has 0 unspecified atom stereocenters. The molecule has 0 spiro atoms. The van der Waals surface area contributed by atoms with Gasteiger partial charge < -0.3 is 20.3 Å². The van der Waals surface area contributed by atoms with Gasteiger partial charge in [-0.05, 0) is 43.5 Å². The Balaban J connectivity index is 1.99. The molecule has 1 aliphatic heterocycles. The van der Waals surface area contributed by atoms with Gasteiger partial charge in [0, 0.05) is 43.2 Å². The predicted molar refractivity (Wildman–Crippen MR) is 114 cm³/mol. The molecule has 1 aliphatic rings. The first-order valence-corrected chi connectivity index (χ1v) is 9.72. The number of aryl methyl sites for hydroxylation is 2. The van der Waals surface area contributed by atoms with Crippen molar-refractivity contribution in [3.8, 4) is 11.1 Å². The van der Waals surface area contributed by atoms with Crippen LogP contribution in [0.25, 0.3) is 22.0 Å². The largest absolute Gasteiger partial charge is 0.481 e. The monoisotopic (exact) mass is 392 g/mol. The molecule has 0 bridgehead atoms. The highest BCUT2D eigenvalue weighted by Crippen LogP contribution is 2.36. The van der Waals surface area contributed by atoms with E-state index in [-0.39, 0.29) is 12.0 Å². The molecule has 0 atom stereocenters. The van der Waals surface area contributed by atoms with Crippen molar-refractivity contribution in [3.05, 3.63) is 51.9 Å². The molecule has 3 heterocycles. The van der Waals surface area contributed by atoms with Crippen molar-refractivity contribution in [2.24, 2.45) is 7.05 Å². The van der Waals surface area contributed by atoms with Crippen LogP contribution < -0.4 is 16.2 Å². The minimum atomic E-state index is -0.849. The van der Waals surface area contributed by atoms with Crippen LogP contribution in [0.1, 0.15) is 24.1 Å². The Kier molecular flexibility index (Phi) is 4.74. The van der Waals surface area contributed by atoms with Gasteiger partial charge in [-0.2, -0.15) is 0 Å². The molecule has 0 amide bonds. The van der Waals surface area contributed by atoms with E-state index >= 15 is 0 Å². The van der Waals surface area contributed by atoms with Crippen molar-refractivity contribution >= 4 is 28.4 Å². The molecule has 1 fully saturated rings. The lowest BCUT2D eigenvalue weighted by Crippen LogP contribution is -2.39. The molecule has 4 rings (SSSR count). The van der Waals surface area contributed by atoms with Gasteiger partial charge in [0.1, 0.15) is 5.82 Å². The number of carboxylic acid groups (broad SMARTS) is 1. The lowest BCUT2D eigenvalue weighted by Gasteiger charge is -2.35. The van der Waals surface area contributed by atoms with Crippen LogP contribution in [0.2, 0.25) is 0 Å². The van der Waals surface area contributed by atoms with Gasteiger partial charge in [-0.15, -0.1) is 0 Å². The average Bonchev–Trinajstić information content (AvgIpc) is 2.63. The van der Waals surface area contributed by atoms with Gasteiger partial charge in [0.2, 0.25) is 0 Å². The van der Waals surface area contributed by atoms with Crippen molar-refractivity contribution in [2.75, 3.05) is 23.7 Å². The van der Waals surface area contributed by atoms with Gasteiger partial charge in [-0.25, -0.2) is 4.98 Å². The Hall–Kier alpha value is -3.35. The van der Waals surface area contributed by atoms with Crippen LogP contribution >= 0.6 is 0 Å². The topological polar surface area (TPSA) is 101 Å².